The maximum Gasteiger partial charge on any atom is 0.355 e. The number of rotatable bonds is 23. The fourth-order valence-electron chi connectivity index (χ4n) is 8.95. The third kappa shape index (κ3) is 9.88. The molecule has 0 radical (unpaired) electrons. The Hall–Kier alpha value is -4.66. The number of nitro benzene ring substituents is 1. The van der Waals surface area contributed by atoms with Crippen molar-refractivity contribution in [2.24, 2.45) is 17.0 Å². The van der Waals surface area contributed by atoms with Crippen LogP contribution >= 0.6 is 23.1 Å². The lowest BCUT2D eigenvalue weighted by Gasteiger charge is -2.46. The highest BCUT2D eigenvalue weighted by Gasteiger charge is 2.60. The largest absolute Gasteiger partial charge is 0.543 e. The maximum atomic E-state index is 14.1. The number of azide groups is 1. The number of esters is 1. The van der Waals surface area contributed by atoms with Crippen LogP contribution in [0.1, 0.15) is 77.8 Å². The third-order valence-electron chi connectivity index (χ3n) is 13.1. The number of aliphatic hydroxyl groups is 1. The summed E-state index contributed by atoms with van der Waals surface area (Å²) in [5, 5.41) is 26.6. The van der Waals surface area contributed by atoms with Gasteiger partial charge in [0.15, 0.2) is 0 Å². The smallest absolute Gasteiger partial charge is 0.355 e. The second-order valence-electron chi connectivity index (χ2n) is 16.5. The zero-order chi connectivity index (χ0) is 45.6. The number of nitro groups is 1. The fraction of sp³-hybridized carbons (Fsp3) is 0.523. The summed E-state index contributed by atoms with van der Waals surface area (Å²) >= 11 is 3.18. The van der Waals surface area contributed by atoms with Gasteiger partial charge >= 0.3 is 5.97 Å². The van der Waals surface area contributed by atoms with Crippen molar-refractivity contribution in [3.8, 4) is 11.5 Å². The number of nitrogens with zero attached hydrogens (tertiary/aromatic N) is 7. The number of thiazole rings is 1. The second kappa shape index (κ2) is 20.5. The standard InChI is InChI=1S/C44H60N7O8S2Si2/c1-9-62(10-2,11-3)58-34-22-32(23-35(24-34)59-63(12-4,13-5)14-6)25-48-28-49-26-36(61-43(49)42(48)60-21-15-20-46-47-45)37-29(7)39-38(30(8)52)41(53)50(39)40(37)44(54)57-27-31-16-18-33(19-17-31)51(55)56/h16-19,22-24,26,28-30,38-39,52H,9-15,20-21,25,27H2,1-8H3/q+1/t29-,30+,38+,39+/m0/s1. The molecule has 1 saturated heterocycles. The molecule has 0 bridgehead atoms. The topological polar surface area (TPSA) is 185 Å². The minimum atomic E-state index is -2.01. The summed E-state index contributed by atoms with van der Waals surface area (Å²) in [5.74, 6) is 0.414. The van der Waals surface area contributed by atoms with E-state index in [4.69, 9.17) is 19.1 Å². The molecule has 2 aliphatic heterocycles. The summed E-state index contributed by atoms with van der Waals surface area (Å²) in [5.41, 5.74) is 11.3. The number of non-ortho nitro benzene ring substituents is 1. The normalized spacial score (nSPS) is 18.0. The number of thioether (sulfide) groups is 1. The van der Waals surface area contributed by atoms with E-state index in [1.54, 1.807) is 18.7 Å². The molecule has 0 saturated carbocycles. The lowest BCUT2D eigenvalue weighted by Crippen LogP contribution is -2.63. The first-order chi connectivity index (χ1) is 30.2. The van der Waals surface area contributed by atoms with Crippen LogP contribution < -0.4 is 13.4 Å². The number of β-lactam (4-membered cyclic amide) rings is 1. The Balaban J connectivity index is 1.41. The van der Waals surface area contributed by atoms with Crippen LogP contribution in [0.15, 0.2) is 70.8 Å². The van der Waals surface area contributed by atoms with Crippen molar-refractivity contribution in [1.82, 2.24) is 9.30 Å². The lowest BCUT2D eigenvalue weighted by molar-refractivity contribution is -0.721. The Kier molecular flexibility index (Phi) is 15.5. The number of hydrogen-bond acceptors (Lipinski definition) is 11. The Morgan fingerprint density at radius 1 is 1.02 bits per heavy atom. The summed E-state index contributed by atoms with van der Waals surface area (Å²) < 4.78 is 24.0. The SMILES string of the molecule is CC[Si](CC)(CC)Oc1cc(C[n+]2cn3cc(C4=C(C(=O)OCc5ccc([N+](=O)[O-])cc5)N5C(=O)[C@H]([C@@H](C)O)[C@H]5[C@H]4C)sc3c2SCCCN=[N+]=[N-])cc(O[Si](CC)(CC)CC)c1. The van der Waals surface area contributed by atoms with Crippen molar-refractivity contribution in [3.05, 3.63) is 97.2 Å². The van der Waals surface area contributed by atoms with Crippen LogP contribution in [0.4, 0.5) is 5.69 Å². The molecular formula is C44H60N7O8S2Si2+. The molecule has 4 heterocycles. The Morgan fingerprint density at radius 3 is 2.16 bits per heavy atom. The summed E-state index contributed by atoms with van der Waals surface area (Å²) in [6.07, 6.45) is 3.81. The van der Waals surface area contributed by atoms with Gasteiger partial charge in [0.2, 0.25) is 32.4 Å². The molecule has 1 N–H and O–H groups in total. The van der Waals surface area contributed by atoms with Crippen LogP contribution in [0, 0.1) is 22.0 Å². The highest BCUT2D eigenvalue weighted by atomic mass is 32.2. The van der Waals surface area contributed by atoms with E-state index in [0.29, 0.717) is 36.4 Å². The Labute approximate surface area is 379 Å². The fourth-order valence-corrected chi connectivity index (χ4v) is 16.5. The van der Waals surface area contributed by atoms with E-state index in [-0.39, 0.29) is 29.8 Å². The molecule has 63 heavy (non-hydrogen) atoms. The van der Waals surface area contributed by atoms with Crippen LogP contribution in [0.5, 0.6) is 11.5 Å². The second-order valence-corrected chi connectivity index (χ2v) is 28.0. The molecule has 338 valence electrons. The zero-order valence-electron chi connectivity index (χ0n) is 37.5. The quantitative estimate of drug-likeness (QED) is 0.00646. The summed E-state index contributed by atoms with van der Waals surface area (Å²) in [6, 6.07) is 17.9. The van der Waals surface area contributed by atoms with Crippen molar-refractivity contribution in [3.63, 3.8) is 0 Å². The van der Waals surface area contributed by atoms with Gasteiger partial charge in [-0.05, 0) is 85.0 Å². The van der Waals surface area contributed by atoms with E-state index < -0.39 is 45.6 Å². The van der Waals surface area contributed by atoms with E-state index in [2.05, 4.69) is 85.1 Å². The molecule has 6 rings (SSSR count). The predicted molar refractivity (Wildman–Crippen MR) is 251 cm³/mol. The minimum Gasteiger partial charge on any atom is -0.543 e. The molecule has 0 spiro atoms. The highest BCUT2D eigenvalue weighted by molar-refractivity contribution is 7.99. The molecule has 15 nitrogen and oxygen atoms in total. The lowest BCUT2D eigenvalue weighted by atomic mass is 9.77. The monoisotopic (exact) mass is 934 g/mol. The van der Waals surface area contributed by atoms with Gasteiger partial charge in [0.05, 0.1) is 27.9 Å². The first kappa shape index (κ1) is 47.8. The van der Waals surface area contributed by atoms with Crippen LogP contribution in [-0.4, -0.2) is 72.3 Å². The maximum absolute atomic E-state index is 14.1. The van der Waals surface area contributed by atoms with Gasteiger partial charge in [-0.2, -0.15) is 4.40 Å². The third-order valence-corrected chi connectivity index (χ3v) is 24.6. The van der Waals surface area contributed by atoms with E-state index in [9.17, 15) is 24.8 Å². The van der Waals surface area contributed by atoms with Crippen LogP contribution in [0.2, 0.25) is 36.3 Å². The minimum absolute atomic E-state index is 0.0743. The van der Waals surface area contributed by atoms with Crippen molar-refractivity contribution < 1.29 is 37.8 Å². The number of carbonyl (C=O) groups excluding carboxylic acids is 2. The molecule has 2 aromatic heterocycles. The van der Waals surface area contributed by atoms with Gasteiger partial charge in [0.1, 0.15) is 36.5 Å². The molecule has 2 aliphatic rings. The number of aliphatic hydroxyl groups excluding tert-OH is 1. The predicted octanol–water partition coefficient (Wildman–Crippen LogP) is 10.1. The first-order valence-electron chi connectivity index (χ1n) is 22.1. The van der Waals surface area contributed by atoms with Crippen LogP contribution in [0.25, 0.3) is 20.8 Å². The molecule has 2 aromatic carbocycles. The Morgan fingerprint density at radius 2 is 1.62 bits per heavy atom. The summed E-state index contributed by atoms with van der Waals surface area (Å²) in [7, 11) is -4.03. The van der Waals surface area contributed by atoms with Gasteiger partial charge in [0.25, 0.3) is 12.0 Å². The Bertz CT molecular complexity index is 2330. The average Bonchev–Trinajstić information content (AvgIpc) is 3.90. The number of hydrogen-bond donors (Lipinski definition) is 1. The molecule has 0 aliphatic carbocycles. The van der Waals surface area contributed by atoms with Crippen molar-refractivity contribution in [1.29, 1.82) is 0 Å². The number of aromatic nitrogens is 2. The summed E-state index contributed by atoms with van der Waals surface area (Å²) in [4.78, 5) is 44.5. The molecular weight excluding hydrogens is 875 g/mol. The number of carbonyl (C=O) groups is 2. The van der Waals surface area contributed by atoms with E-state index in [1.807, 2.05) is 13.1 Å². The van der Waals surface area contributed by atoms with Crippen molar-refractivity contribution in [2.75, 3.05) is 12.3 Å². The van der Waals surface area contributed by atoms with Gasteiger partial charge in [-0.25, -0.2) is 9.36 Å². The number of imidazole rings is 1. The zero-order valence-corrected chi connectivity index (χ0v) is 41.2. The molecule has 1 fully saturated rings. The molecule has 1 amide bonds. The van der Waals surface area contributed by atoms with Gasteiger partial charge in [-0.15, -0.1) is 0 Å². The molecule has 4 aromatic rings. The number of amides is 1. The molecule has 19 heteroatoms. The van der Waals surface area contributed by atoms with E-state index in [1.165, 1.54) is 40.5 Å². The number of fused-ring (bicyclic) bond motifs is 2. The van der Waals surface area contributed by atoms with Gasteiger partial charge in [-0.1, -0.05) is 76.7 Å². The van der Waals surface area contributed by atoms with Gasteiger partial charge in [0, 0.05) is 52.5 Å². The van der Waals surface area contributed by atoms with E-state index >= 15 is 0 Å². The van der Waals surface area contributed by atoms with E-state index in [0.717, 1.165) is 68.1 Å². The summed E-state index contributed by atoms with van der Waals surface area (Å²) in [6.45, 7) is 17.7. The molecule has 0 unspecified atom stereocenters. The number of benzene rings is 2. The van der Waals surface area contributed by atoms with Gasteiger partial charge < -0.3 is 23.6 Å². The van der Waals surface area contributed by atoms with Crippen molar-refractivity contribution in [2.45, 2.75) is 128 Å². The first-order valence-corrected chi connectivity index (χ1v) is 28.9. The van der Waals surface area contributed by atoms with Crippen LogP contribution in [0.3, 0.4) is 0 Å². The highest BCUT2D eigenvalue weighted by Crippen LogP contribution is 2.52. The average molecular weight is 935 g/mol. The van der Waals surface area contributed by atoms with Crippen LogP contribution in [-0.2, 0) is 27.5 Å². The molecule has 4 atom stereocenters. The number of ether oxygens (including phenoxy) is 1. The van der Waals surface area contributed by atoms with Gasteiger partial charge in [-0.3, -0.25) is 14.9 Å². The van der Waals surface area contributed by atoms with Crippen molar-refractivity contribution >= 4 is 67.7 Å².